The van der Waals surface area contributed by atoms with Gasteiger partial charge in [0, 0.05) is 37.3 Å². The van der Waals surface area contributed by atoms with Crippen LogP contribution in [0.15, 0.2) is 42.6 Å². The number of ether oxygens (including phenoxy) is 2. The van der Waals surface area contributed by atoms with E-state index in [1.54, 1.807) is 6.20 Å². The lowest BCUT2D eigenvalue weighted by Crippen LogP contribution is -2.24. The maximum atomic E-state index is 12.4. The summed E-state index contributed by atoms with van der Waals surface area (Å²) in [6.45, 7) is 3.40. The van der Waals surface area contributed by atoms with Crippen molar-refractivity contribution < 1.29 is 14.3 Å². The van der Waals surface area contributed by atoms with Gasteiger partial charge in [-0.05, 0) is 74.7 Å². The first-order valence-electron chi connectivity index (χ1n) is 11.4. The maximum Gasteiger partial charge on any atom is 0.222 e. The molecule has 0 saturated heterocycles. The van der Waals surface area contributed by atoms with E-state index in [9.17, 15) is 4.79 Å². The number of carbonyl (C=O) groups excluding carboxylic acids is 1. The fourth-order valence-corrected chi connectivity index (χ4v) is 4.10. The summed E-state index contributed by atoms with van der Waals surface area (Å²) >= 11 is 5.37. The molecule has 1 aliphatic rings. The van der Waals surface area contributed by atoms with Gasteiger partial charge in [-0.2, -0.15) is 5.10 Å². The SMILES string of the molecule is CCOc1ccc(-c2n[nH]c(=S)n2CCC(=O)NCc2ccc(OC3CCCC3)nc2)cc1. The Labute approximate surface area is 198 Å². The van der Waals surface area contributed by atoms with Crippen LogP contribution in [0.3, 0.4) is 0 Å². The highest BCUT2D eigenvalue weighted by Gasteiger charge is 2.17. The van der Waals surface area contributed by atoms with Crippen LogP contribution < -0.4 is 14.8 Å². The van der Waals surface area contributed by atoms with Crippen molar-refractivity contribution in [2.75, 3.05) is 6.61 Å². The highest BCUT2D eigenvalue weighted by Crippen LogP contribution is 2.23. The largest absolute Gasteiger partial charge is 0.494 e. The molecular weight excluding hydrogens is 438 g/mol. The lowest BCUT2D eigenvalue weighted by atomic mass is 10.2. The molecule has 2 N–H and O–H groups in total. The number of hydrogen-bond donors (Lipinski definition) is 2. The van der Waals surface area contributed by atoms with Gasteiger partial charge in [-0.1, -0.05) is 6.07 Å². The number of carbonyl (C=O) groups is 1. The number of pyridine rings is 1. The van der Waals surface area contributed by atoms with E-state index >= 15 is 0 Å². The minimum absolute atomic E-state index is 0.0676. The Morgan fingerprint density at radius 2 is 2.00 bits per heavy atom. The average Bonchev–Trinajstić information content (AvgIpc) is 3.47. The Kier molecular flexibility index (Phi) is 7.72. The van der Waals surface area contributed by atoms with Gasteiger partial charge in [0.25, 0.3) is 0 Å². The molecule has 0 aliphatic heterocycles. The molecule has 0 unspecified atom stereocenters. The van der Waals surface area contributed by atoms with Crippen molar-refractivity contribution in [1.82, 2.24) is 25.1 Å². The zero-order valence-electron chi connectivity index (χ0n) is 18.8. The van der Waals surface area contributed by atoms with Crippen LogP contribution >= 0.6 is 12.2 Å². The minimum atomic E-state index is -0.0676. The van der Waals surface area contributed by atoms with Crippen LogP contribution in [0.25, 0.3) is 11.4 Å². The fourth-order valence-electron chi connectivity index (χ4n) is 3.88. The number of aromatic nitrogens is 4. The predicted molar refractivity (Wildman–Crippen MR) is 128 cm³/mol. The summed E-state index contributed by atoms with van der Waals surface area (Å²) in [6.07, 6.45) is 6.96. The van der Waals surface area contributed by atoms with Gasteiger partial charge >= 0.3 is 0 Å². The number of nitrogens with one attached hydrogen (secondary N) is 2. The number of benzene rings is 1. The number of nitrogens with zero attached hydrogens (tertiary/aromatic N) is 3. The van der Waals surface area contributed by atoms with Crippen molar-refractivity contribution in [3.63, 3.8) is 0 Å². The lowest BCUT2D eigenvalue weighted by Gasteiger charge is -2.12. The number of amides is 1. The molecule has 174 valence electrons. The van der Waals surface area contributed by atoms with E-state index in [0.717, 1.165) is 29.7 Å². The second-order valence-electron chi connectivity index (χ2n) is 8.02. The molecule has 9 heteroatoms. The Bertz CT molecular complexity index is 1100. The molecule has 0 spiro atoms. The van der Waals surface area contributed by atoms with Gasteiger partial charge in [0.05, 0.1) is 6.61 Å². The Morgan fingerprint density at radius 3 is 2.70 bits per heavy atom. The number of hydrogen-bond acceptors (Lipinski definition) is 6. The predicted octanol–water partition coefficient (Wildman–Crippen LogP) is 4.43. The van der Waals surface area contributed by atoms with E-state index < -0.39 is 0 Å². The second-order valence-corrected chi connectivity index (χ2v) is 8.40. The molecule has 1 aromatic carbocycles. The van der Waals surface area contributed by atoms with Crippen LogP contribution in [0, 0.1) is 4.77 Å². The topological polar surface area (TPSA) is 94.1 Å². The Morgan fingerprint density at radius 1 is 1.21 bits per heavy atom. The summed E-state index contributed by atoms with van der Waals surface area (Å²) in [7, 11) is 0. The van der Waals surface area contributed by atoms with E-state index in [4.69, 9.17) is 21.7 Å². The third kappa shape index (κ3) is 6.19. The van der Waals surface area contributed by atoms with Crippen LogP contribution in [0.2, 0.25) is 0 Å². The highest BCUT2D eigenvalue weighted by atomic mass is 32.1. The summed E-state index contributed by atoms with van der Waals surface area (Å²) in [6, 6.07) is 11.5. The van der Waals surface area contributed by atoms with Gasteiger partial charge in [0.2, 0.25) is 11.8 Å². The van der Waals surface area contributed by atoms with Gasteiger partial charge in [0.1, 0.15) is 11.9 Å². The zero-order valence-corrected chi connectivity index (χ0v) is 19.6. The second kappa shape index (κ2) is 11.1. The smallest absolute Gasteiger partial charge is 0.222 e. The van der Waals surface area contributed by atoms with E-state index in [-0.39, 0.29) is 18.4 Å². The molecule has 2 heterocycles. The number of H-pyrrole nitrogens is 1. The van der Waals surface area contributed by atoms with Crippen molar-refractivity contribution in [2.45, 2.75) is 58.2 Å². The molecule has 0 bridgehead atoms. The molecule has 1 amide bonds. The van der Waals surface area contributed by atoms with Crippen LogP contribution in [-0.4, -0.2) is 38.4 Å². The normalized spacial score (nSPS) is 13.7. The summed E-state index contributed by atoms with van der Waals surface area (Å²) in [4.78, 5) is 16.8. The highest BCUT2D eigenvalue weighted by molar-refractivity contribution is 7.71. The monoisotopic (exact) mass is 467 g/mol. The van der Waals surface area contributed by atoms with Crippen LogP contribution in [0.4, 0.5) is 0 Å². The standard InChI is InChI=1S/C24H29N5O3S/c1-2-31-19-10-8-18(9-11-19)23-27-28-24(33)29(23)14-13-21(30)25-15-17-7-12-22(26-16-17)32-20-5-3-4-6-20/h7-12,16,20H,2-6,13-15H2,1H3,(H,25,30)(H,28,33). The lowest BCUT2D eigenvalue weighted by molar-refractivity contribution is -0.121. The molecule has 0 radical (unpaired) electrons. The van der Waals surface area contributed by atoms with Crippen molar-refractivity contribution in [1.29, 1.82) is 0 Å². The summed E-state index contributed by atoms with van der Waals surface area (Å²) in [5.41, 5.74) is 1.83. The number of aromatic amines is 1. The fraction of sp³-hybridized carbons (Fsp3) is 0.417. The Balaban J connectivity index is 1.28. The molecule has 4 rings (SSSR count). The minimum Gasteiger partial charge on any atom is -0.494 e. The van der Waals surface area contributed by atoms with Crippen LogP contribution in [0.1, 0.15) is 44.6 Å². The summed E-state index contributed by atoms with van der Waals surface area (Å²) in [5, 5.41) is 10.1. The summed E-state index contributed by atoms with van der Waals surface area (Å²) < 4.78 is 13.7. The molecule has 2 aromatic heterocycles. The number of rotatable bonds is 10. The first-order valence-corrected chi connectivity index (χ1v) is 11.8. The molecule has 8 nitrogen and oxygen atoms in total. The third-order valence-electron chi connectivity index (χ3n) is 5.62. The van der Waals surface area contributed by atoms with Gasteiger partial charge in [0.15, 0.2) is 10.6 Å². The van der Waals surface area contributed by atoms with Gasteiger partial charge in [-0.25, -0.2) is 4.98 Å². The van der Waals surface area contributed by atoms with Crippen LogP contribution in [0.5, 0.6) is 11.6 Å². The first kappa shape index (κ1) is 23.0. The van der Waals surface area contributed by atoms with Crippen molar-refractivity contribution in [3.8, 4) is 23.0 Å². The molecular formula is C24H29N5O3S. The van der Waals surface area contributed by atoms with E-state index in [0.29, 0.717) is 36.2 Å². The van der Waals surface area contributed by atoms with E-state index in [1.165, 1.54) is 12.8 Å². The third-order valence-corrected chi connectivity index (χ3v) is 5.93. The molecule has 33 heavy (non-hydrogen) atoms. The van der Waals surface area contributed by atoms with Gasteiger partial charge in [-0.15, -0.1) is 0 Å². The molecule has 1 aliphatic carbocycles. The molecule has 0 atom stereocenters. The van der Waals surface area contributed by atoms with Crippen molar-refractivity contribution in [3.05, 3.63) is 52.9 Å². The van der Waals surface area contributed by atoms with Crippen LogP contribution in [-0.2, 0) is 17.9 Å². The quantitative estimate of drug-likeness (QED) is 0.429. The van der Waals surface area contributed by atoms with E-state index in [2.05, 4.69) is 20.5 Å². The van der Waals surface area contributed by atoms with E-state index in [1.807, 2.05) is 47.9 Å². The summed E-state index contributed by atoms with van der Waals surface area (Å²) in [5.74, 6) is 2.07. The average molecular weight is 468 g/mol. The zero-order chi connectivity index (χ0) is 23.0. The van der Waals surface area contributed by atoms with Crippen molar-refractivity contribution in [2.24, 2.45) is 0 Å². The molecule has 3 aromatic rings. The Hall–Kier alpha value is -3.20. The van der Waals surface area contributed by atoms with Gasteiger partial charge in [-0.3, -0.25) is 14.5 Å². The van der Waals surface area contributed by atoms with Crippen molar-refractivity contribution >= 4 is 18.1 Å². The molecule has 1 fully saturated rings. The maximum absolute atomic E-state index is 12.4. The first-order chi connectivity index (χ1) is 16.1. The molecule has 1 saturated carbocycles. The van der Waals surface area contributed by atoms with Gasteiger partial charge < -0.3 is 14.8 Å².